The molecular weight excluding hydrogens is 198 g/mol. The Morgan fingerprint density at radius 3 is 2.50 bits per heavy atom. The summed E-state index contributed by atoms with van der Waals surface area (Å²) < 4.78 is 0. The fourth-order valence-corrected chi connectivity index (χ4v) is 2.26. The van der Waals surface area contributed by atoms with Gasteiger partial charge in [0.15, 0.2) is 0 Å². The molecule has 1 aromatic rings. The third kappa shape index (κ3) is 2.57. The SMILES string of the molecule is C=CC(C[CH2][Zn])c1ccccc1. The molecule has 0 aliphatic rings. The Morgan fingerprint density at radius 2 is 2.00 bits per heavy atom. The first-order valence-electron chi connectivity index (χ1n) is 4.35. The van der Waals surface area contributed by atoms with Crippen LogP contribution in [0.5, 0.6) is 0 Å². The first-order valence-corrected chi connectivity index (χ1v) is 6.45. The van der Waals surface area contributed by atoms with Gasteiger partial charge in [0.25, 0.3) is 0 Å². The quantitative estimate of drug-likeness (QED) is 0.528. The molecule has 0 spiro atoms. The number of hydrogen-bond donors (Lipinski definition) is 0. The molecule has 1 aromatic carbocycles. The summed E-state index contributed by atoms with van der Waals surface area (Å²) in [5.41, 5.74) is 1.40. The predicted molar refractivity (Wildman–Crippen MR) is 48.8 cm³/mol. The first-order chi connectivity index (χ1) is 5.88. The maximum absolute atomic E-state index is 3.87. The molecule has 0 heterocycles. The predicted octanol–water partition coefficient (Wildman–Crippen LogP) is 3.31. The zero-order chi connectivity index (χ0) is 8.81. The number of rotatable bonds is 4. The molecule has 0 saturated carbocycles. The fraction of sp³-hybridized carbons (Fsp3) is 0.273. The summed E-state index contributed by atoms with van der Waals surface area (Å²) in [6.45, 7) is 3.87. The van der Waals surface area contributed by atoms with E-state index >= 15 is 0 Å². The second kappa shape index (κ2) is 5.27. The van der Waals surface area contributed by atoms with Gasteiger partial charge in [0.1, 0.15) is 0 Å². The van der Waals surface area contributed by atoms with E-state index in [9.17, 15) is 0 Å². The average molecular weight is 211 g/mol. The van der Waals surface area contributed by atoms with Crippen LogP contribution in [-0.2, 0) is 18.3 Å². The standard InChI is InChI=1S/C11H13.Zn/c1-3-10(4-2)11-8-6-5-7-9-11;/h3,5-10H,1-2,4H2;. The molecule has 0 aliphatic carbocycles. The van der Waals surface area contributed by atoms with Crippen LogP contribution in [-0.4, -0.2) is 0 Å². The Kier molecular flexibility index (Phi) is 4.25. The van der Waals surface area contributed by atoms with Gasteiger partial charge in [-0.3, -0.25) is 0 Å². The zero-order valence-corrected chi connectivity index (χ0v) is 10.3. The summed E-state index contributed by atoms with van der Waals surface area (Å²) in [5.74, 6) is 0.569. The first kappa shape index (κ1) is 9.67. The number of allylic oxidation sites excluding steroid dienone is 1. The van der Waals surface area contributed by atoms with Crippen LogP contribution in [0.2, 0.25) is 5.02 Å². The van der Waals surface area contributed by atoms with Gasteiger partial charge in [-0.1, -0.05) is 0 Å². The molecule has 1 unspecified atom stereocenters. The van der Waals surface area contributed by atoms with Gasteiger partial charge in [0.05, 0.1) is 0 Å². The van der Waals surface area contributed by atoms with Crippen molar-refractivity contribution in [2.75, 3.05) is 0 Å². The van der Waals surface area contributed by atoms with Crippen LogP contribution in [0.3, 0.4) is 0 Å². The average Bonchev–Trinajstić information content (AvgIpc) is 2.15. The van der Waals surface area contributed by atoms with E-state index in [0.29, 0.717) is 5.92 Å². The van der Waals surface area contributed by atoms with Gasteiger partial charge in [-0.2, -0.15) is 0 Å². The third-order valence-electron chi connectivity index (χ3n) is 2.03. The van der Waals surface area contributed by atoms with E-state index in [1.165, 1.54) is 35.3 Å². The Hall–Kier alpha value is -0.417. The van der Waals surface area contributed by atoms with Crippen molar-refractivity contribution in [3.8, 4) is 0 Å². The van der Waals surface area contributed by atoms with Crippen molar-refractivity contribution in [1.82, 2.24) is 0 Å². The summed E-state index contributed by atoms with van der Waals surface area (Å²) >= 11 is 1.39. The van der Waals surface area contributed by atoms with Crippen LogP contribution in [0.1, 0.15) is 17.9 Å². The molecule has 0 amide bonds. The van der Waals surface area contributed by atoms with Gasteiger partial charge in [-0.05, 0) is 0 Å². The van der Waals surface area contributed by atoms with Crippen molar-refractivity contribution in [2.24, 2.45) is 0 Å². The summed E-state index contributed by atoms with van der Waals surface area (Å²) in [6, 6.07) is 10.6. The molecule has 0 saturated heterocycles. The van der Waals surface area contributed by atoms with Gasteiger partial charge in [-0.25, -0.2) is 0 Å². The van der Waals surface area contributed by atoms with Crippen LogP contribution in [0, 0.1) is 0 Å². The monoisotopic (exact) mass is 209 g/mol. The molecule has 0 bridgehead atoms. The summed E-state index contributed by atoms with van der Waals surface area (Å²) in [4.78, 5) is 0. The maximum atomic E-state index is 3.87. The summed E-state index contributed by atoms with van der Waals surface area (Å²) in [6.07, 6.45) is 3.32. The fourth-order valence-electron chi connectivity index (χ4n) is 1.34. The second-order valence-electron chi connectivity index (χ2n) is 2.90. The van der Waals surface area contributed by atoms with E-state index < -0.39 is 0 Å². The van der Waals surface area contributed by atoms with Gasteiger partial charge in [-0.15, -0.1) is 0 Å². The molecular formula is C11H13Zn. The van der Waals surface area contributed by atoms with Crippen molar-refractivity contribution in [3.05, 3.63) is 48.6 Å². The van der Waals surface area contributed by atoms with Crippen LogP contribution in [0.15, 0.2) is 43.0 Å². The van der Waals surface area contributed by atoms with Crippen molar-refractivity contribution < 1.29 is 18.3 Å². The van der Waals surface area contributed by atoms with Gasteiger partial charge < -0.3 is 0 Å². The Morgan fingerprint density at radius 1 is 1.33 bits per heavy atom. The molecule has 1 atom stereocenters. The normalized spacial score (nSPS) is 12.5. The van der Waals surface area contributed by atoms with E-state index in [1.54, 1.807) is 0 Å². The molecule has 59 valence electrons. The Labute approximate surface area is 84.4 Å². The van der Waals surface area contributed by atoms with Crippen LogP contribution in [0.25, 0.3) is 0 Å². The van der Waals surface area contributed by atoms with Crippen LogP contribution in [0.4, 0.5) is 0 Å². The Bertz CT molecular complexity index is 228. The molecule has 0 N–H and O–H groups in total. The van der Waals surface area contributed by atoms with E-state index in [-0.39, 0.29) is 0 Å². The number of hydrogen-bond acceptors (Lipinski definition) is 0. The second-order valence-corrected chi connectivity index (χ2v) is 4.38. The Balaban J connectivity index is 2.73. The molecule has 0 radical (unpaired) electrons. The van der Waals surface area contributed by atoms with E-state index in [4.69, 9.17) is 0 Å². The third-order valence-corrected chi connectivity index (χ3v) is 2.88. The van der Waals surface area contributed by atoms with E-state index in [1.807, 2.05) is 0 Å². The van der Waals surface area contributed by atoms with Crippen molar-refractivity contribution in [3.63, 3.8) is 0 Å². The summed E-state index contributed by atoms with van der Waals surface area (Å²) in [5, 5.41) is 1.34. The van der Waals surface area contributed by atoms with Crippen LogP contribution < -0.4 is 0 Å². The van der Waals surface area contributed by atoms with E-state index in [2.05, 4.69) is 43.0 Å². The molecule has 0 nitrogen and oxygen atoms in total. The molecule has 12 heavy (non-hydrogen) atoms. The minimum atomic E-state index is 0.569. The van der Waals surface area contributed by atoms with E-state index in [0.717, 1.165) is 0 Å². The number of benzene rings is 1. The summed E-state index contributed by atoms with van der Waals surface area (Å²) in [7, 11) is 0. The van der Waals surface area contributed by atoms with Crippen molar-refractivity contribution in [2.45, 2.75) is 17.4 Å². The van der Waals surface area contributed by atoms with Crippen molar-refractivity contribution >= 4 is 0 Å². The molecule has 0 fully saturated rings. The molecule has 0 aliphatic heterocycles. The van der Waals surface area contributed by atoms with Gasteiger partial charge in [0.2, 0.25) is 0 Å². The topological polar surface area (TPSA) is 0 Å². The van der Waals surface area contributed by atoms with Crippen molar-refractivity contribution in [1.29, 1.82) is 0 Å². The van der Waals surface area contributed by atoms with Gasteiger partial charge >= 0.3 is 84.2 Å². The molecule has 0 aromatic heterocycles. The zero-order valence-electron chi connectivity index (χ0n) is 7.37. The van der Waals surface area contributed by atoms with Gasteiger partial charge in [0, 0.05) is 0 Å². The molecule has 1 rings (SSSR count). The minimum absolute atomic E-state index is 0.569. The van der Waals surface area contributed by atoms with Crippen LogP contribution >= 0.6 is 0 Å². The molecule has 1 heteroatoms.